The van der Waals surface area contributed by atoms with Crippen LogP contribution in [0, 0.1) is 17.1 Å². The van der Waals surface area contributed by atoms with Crippen molar-refractivity contribution >= 4 is 27.7 Å². The summed E-state index contributed by atoms with van der Waals surface area (Å²) in [5.74, 6) is -0.714. The number of primary amides is 1. The van der Waals surface area contributed by atoms with Crippen LogP contribution in [0.15, 0.2) is 66.9 Å². The number of carbonyl (C=O) groups excluding carboxylic acids is 1. The Balaban J connectivity index is 1.64. The van der Waals surface area contributed by atoms with E-state index >= 15 is 4.39 Å². The van der Waals surface area contributed by atoms with Gasteiger partial charge < -0.3 is 10.5 Å². The zero-order chi connectivity index (χ0) is 26.1. The molecule has 0 saturated heterocycles. The summed E-state index contributed by atoms with van der Waals surface area (Å²) in [6.45, 7) is 0. The zero-order valence-electron chi connectivity index (χ0n) is 20.4. The molecule has 37 heavy (non-hydrogen) atoms. The molecule has 5 aromatic rings. The highest BCUT2D eigenvalue weighted by Crippen LogP contribution is 2.37. The lowest BCUT2D eigenvalue weighted by Crippen LogP contribution is -2.22. The minimum Gasteiger partial charge on any atom is -0.496 e. The molecule has 0 bridgehead atoms. The van der Waals surface area contributed by atoms with E-state index < -0.39 is 11.7 Å². The maximum absolute atomic E-state index is 15.0. The van der Waals surface area contributed by atoms with Gasteiger partial charge in [0.05, 0.1) is 41.9 Å². The summed E-state index contributed by atoms with van der Waals surface area (Å²) >= 11 is 0. The molecule has 2 heterocycles. The Morgan fingerprint density at radius 1 is 1.19 bits per heavy atom. The molecule has 2 aromatic heterocycles. The zero-order valence-corrected chi connectivity index (χ0v) is 20.4. The fraction of sp³-hybridized carbons (Fsp3) is 0.172. The van der Waals surface area contributed by atoms with E-state index in [1.807, 2.05) is 48.5 Å². The van der Waals surface area contributed by atoms with Crippen LogP contribution in [-0.2, 0) is 18.3 Å². The van der Waals surface area contributed by atoms with Crippen molar-refractivity contribution < 1.29 is 13.9 Å². The molecule has 184 valence electrons. The number of methoxy groups -OCH3 is 1. The number of hydrogen-bond donors (Lipinski definition) is 1. The van der Waals surface area contributed by atoms with Crippen LogP contribution >= 0.6 is 0 Å². The SMILES string of the molecule is COc1cc2ncc3c(c(-c4ccc(C#N)cc4F)nn3C)c2cc1CCC(C(N)=O)c1ccccc1. The monoisotopic (exact) mass is 493 g/mol. The van der Waals surface area contributed by atoms with Gasteiger partial charge in [-0.15, -0.1) is 0 Å². The number of amides is 1. The average molecular weight is 494 g/mol. The fourth-order valence-corrected chi connectivity index (χ4v) is 4.81. The molecule has 0 aliphatic carbocycles. The minimum atomic E-state index is -0.523. The minimum absolute atomic E-state index is 0.238. The van der Waals surface area contributed by atoms with Gasteiger partial charge in [0.15, 0.2) is 0 Å². The summed E-state index contributed by atoms with van der Waals surface area (Å²) in [7, 11) is 3.37. The second kappa shape index (κ2) is 9.70. The highest BCUT2D eigenvalue weighted by atomic mass is 19.1. The quantitative estimate of drug-likeness (QED) is 0.343. The van der Waals surface area contributed by atoms with Crippen molar-refractivity contribution in [2.75, 3.05) is 7.11 Å². The van der Waals surface area contributed by atoms with E-state index in [1.165, 1.54) is 6.07 Å². The average Bonchev–Trinajstić information content (AvgIpc) is 3.24. The number of hydrogen-bond acceptors (Lipinski definition) is 5. The number of aromatic nitrogens is 3. The Morgan fingerprint density at radius 2 is 1.97 bits per heavy atom. The van der Waals surface area contributed by atoms with Crippen molar-refractivity contribution in [3.63, 3.8) is 0 Å². The van der Waals surface area contributed by atoms with Gasteiger partial charge >= 0.3 is 0 Å². The first-order chi connectivity index (χ1) is 17.9. The van der Waals surface area contributed by atoms with E-state index in [2.05, 4.69) is 10.1 Å². The molecule has 0 fully saturated rings. The van der Waals surface area contributed by atoms with E-state index in [0.29, 0.717) is 35.4 Å². The van der Waals surface area contributed by atoms with Gasteiger partial charge in [0.25, 0.3) is 0 Å². The van der Waals surface area contributed by atoms with E-state index in [-0.39, 0.29) is 11.5 Å². The van der Waals surface area contributed by atoms with Gasteiger partial charge in [-0.2, -0.15) is 10.4 Å². The van der Waals surface area contributed by atoms with Crippen molar-refractivity contribution in [1.29, 1.82) is 5.26 Å². The first kappa shape index (κ1) is 23.9. The summed E-state index contributed by atoms with van der Waals surface area (Å²) in [5.41, 5.74) is 9.89. The largest absolute Gasteiger partial charge is 0.496 e. The second-order valence-corrected chi connectivity index (χ2v) is 8.88. The molecule has 5 rings (SSSR count). The van der Waals surface area contributed by atoms with Crippen LogP contribution in [0.3, 0.4) is 0 Å². The van der Waals surface area contributed by atoms with Crippen LogP contribution in [0.4, 0.5) is 4.39 Å². The maximum Gasteiger partial charge on any atom is 0.224 e. The van der Waals surface area contributed by atoms with Gasteiger partial charge in [-0.1, -0.05) is 30.3 Å². The number of carbonyl (C=O) groups is 1. The number of halogens is 1. The standard InChI is InChI=1S/C29H24FN5O2/c1-35-25-16-33-24-14-26(37-2)19(9-11-20(29(32)36)18-6-4-3-5-7-18)13-22(24)27(25)28(34-35)21-10-8-17(15-31)12-23(21)30/h3-8,10,12-14,16,20H,9,11H2,1-2H3,(H2,32,36). The number of rotatable bonds is 7. The Labute approximate surface area is 212 Å². The smallest absolute Gasteiger partial charge is 0.224 e. The molecule has 1 atom stereocenters. The molecule has 3 aromatic carbocycles. The number of ether oxygens (including phenoxy) is 1. The number of nitrogens with zero attached hydrogens (tertiary/aromatic N) is 4. The van der Waals surface area contributed by atoms with Crippen LogP contribution < -0.4 is 10.5 Å². The van der Waals surface area contributed by atoms with Crippen LogP contribution in [0.1, 0.15) is 29.0 Å². The molecule has 0 spiro atoms. The van der Waals surface area contributed by atoms with Gasteiger partial charge in [-0.25, -0.2) is 4.39 Å². The van der Waals surface area contributed by atoms with Gasteiger partial charge in [-0.3, -0.25) is 14.5 Å². The predicted molar refractivity (Wildman–Crippen MR) is 139 cm³/mol. The molecule has 0 aliphatic rings. The number of nitrogens with two attached hydrogens (primary N) is 1. The molecule has 1 unspecified atom stereocenters. The lowest BCUT2D eigenvalue weighted by Gasteiger charge is -2.16. The molecular formula is C29H24FN5O2. The molecular weight excluding hydrogens is 469 g/mol. The van der Waals surface area contributed by atoms with Gasteiger partial charge in [-0.05, 0) is 48.2 Å². The molecule has 1 amide bonds. The fourth-order valence-electron chi connectivity index (χ4n) is 4.81. The molecule has 2 N–H and O–H groups in total. The Hall–Kier alpha value is -4.77. The number of aryl methyl sites for hydroxylation is 2. The van der Waals surface area contributed by atoms with Gasteiger partial charge in [0, 0.05) is 29.4 Å². The summed E-state index contributed by atoms with van der Waals surface area (Å²) in [5, 5.41) is 15.3. The second-order valence-electron chi connectivity index (χ2n) is 8.88. The Bertz CT molecular complexity index is 1690. The van der Waals surface area contributed by atoms with E-state index in [1.54, 1.807) is 37.2 Å². The number of pyridine rings is 1. The van der Waals surface area contributed by atoms with Crippen molar-refractivity contribution in [3.8, 4) is 23.1 Å². The first-order valence-corrected chi connectivity index (χ1v) is 11.8. The lowest BCUT2D eigenvalue weighted by molar-refractivity contribution is -0.119. The van der Waals surface area contributed by atoms with Crippen molar-refractivity contribution in [2.45, 2.75) is 18.8 Å². The van der Waals surface area contributed by atoms with E-state index in [4.69, 9.17) is 15.7 Å². The summed E-state index contributed by atoms with van der Waals surface area (Å²) in [4.78, 5) is 16.9. The molecule has 0 aliphatic heterocycles. The molecule has 0 saturated carbocycles. The summed E-state index contributed by atoms with van der Waals surface area (Å²) in [6.07, 6.45) is 2.72. The maximum atomic E-state index is 15.0. The third kappa shape index (κ3) is 4.36. The predicted octanol–water partition coefficient (Wildman–Crippen LogP) is 5.01. The van der Waals surface area contributed by atoms with Crippen LogP contribution in [0.2, 0.25) is 0 Å². The van der Waals surface area contributed by atoms with Gasteiger partial charge in [0.2, 0.25) is 5.91 Å². The Kier molecular flexibility index (Phi) is 6.28. The van der Waals surface area contributed by atoms with Gasteiger partial charge in [0.1, 0.15) is 17.3 Å². The normalized spacial score (nSPS) is 11.9. The highest BCUT2D eigenvalue weighted by Gasteiger charge is 2.21. The Morgan fingerprint density at radius 3 is 2.65 bits per heavy atom. The highest BCUT2D eigenvalue weighted by molar-refractivity contribution is 6.11. The van der Waals surface area contributed by atoms with E-state index in [9.17, 15) is 4.79 Å². The van der Waals surface area contributed by atoms with E-state index in [0.717, 1.165) is 27.4 Å². The summed E-state index contributed by atoms with van der Waals surface area (Å²) < 4.78 is 22.3. The third-order valence-corrected chi connectivity index (χ3v) is 6.69. The van der Waals surface area contributed by atoms with Crippen molar-refractivity contribution in [2.24, 2.45) is 12.8 Å². The number of nitriles is 1. The molecule has 8 heteroatoms. The lowest BCUT2D eigenvalue weighted by atomic mass is 9.91. The topological polar surface area (TPSA) is 107 Å². The first-order valence-electron chi connectivity index (χ1n) is 11.8. The molecule has 0 radical (unpaired) electrons. The van der Waals surface area contributed by atoms with Crippen LogP contribution in [0.5, 0.6) is 5.75 Å². The van der Waals surface area contributed by atoms with Crippen molar-refractivity contribution in [1.82, 2.24) is 14.8 Å². The van der Waals surface area contributed by atoms with Crippen LogP contribution in [0.25, 0.3) is 33.1 Å². The van der Waals surface area contributed by atoms with Crippen molar-refractivity contribution in [3.05, 3.63) is 89.4 Å². The summed E-state index contributed by atoms with van der Waals surface area (Å²) in [6, 6.07) is 19.6. The number of benzene rings is 3. The molecule has 7 nitrogen and oxygen atoms in total. The number of fused-ring (bicyclic) bond motifs is 3. The van der Waals surface area contributed by atoms with Crippen LogP contribution in [-0.4, -0.2) is 27.8 Å². The third-order valence-electron chi connectivity index (χ3n) is 6.69.